The average Bonchev–Trinajstić information content (AvgIpc) is 2.56. The van der Waals surface area contributed by atoms with Crippen LogP contribution in [0.25, 0.3) is 0 Å². The van der Waals surface area contributed by atoms with E-state index >= 15 is 0 Å². The van der Waals surface area contributed by atoms with Gasteiger partial charge in [-0.2, -0.15) is 0 Å². The molecule has 1 saturated carbocycles. The summed E-state index contributed by atoms with van der Waals surface area (Å²) >= 11 is 0. The van der Waals surface area contributed by atoms with Gasteiger partial charge in [0.2, 0.25) is 0 Å². The second-order valence-electron chi connectivity index (χ2n) is 2.87. The minimum Gasteiger partial charge on any atom is -0.380 e. The van der Waals surface area contributed by atoms with E-state index in [9.17, 15) is 0 Å². The van der Waals surface area contributed by atoms with Crippen LogP contribution in [0.1, 0.15) is 40.0 Å². The maximum absolute atomic E-state index is 5.31. The molecule has 74 valence electrons. The van der Waals surface area contributed by atoms with Gasteiger partial charge in [0.25, 0.3) is 0 Å². The van der Waals surface area contributed by atoms with Gasteiger partial charge in [0, 0.05) is 13.2 Å². The van der Waals surface area contributed by atoms with Crippen LogP contribution >= 0.6 is 0 Å². The smallest absolute Gasteiger partial charge is 0.0724 e. The maximum atomic E-state index is 5.31. The van der Waals surface area contributed by atoms with Crippen molar-refractivity contribution in [2.24, 2.45) is 0 Å². The lowest BCUT2D eigenvalue weighted by atomic mass is 10.2. The van der Waals surface area contributed by atoms with Crippen LogP contribution in [0.4, 0.5) is 0 Å². The van der Waals surface area contributed by atoms with Crippen LogP contribution in [0.15, 0.2) is 0 Å². The Labute approximate surface area is 76.7 Å². The first-order valence-corrected chi connectivity index (χ1v) is 5.14. The molecule has 0 aromatic carbocycles. The zero-order valence-corrected chi connectivity index (χ0v) is 8.89. The highest BCUT2D eigenvalue weighted by Gasteiger charge is 2.25. The van der Waals surface area contributed by atoms with Gasteiger partial charge >= 0.3 is 0 Å². The summed E-state index contributed by atoms with van der Waals surface area (Å²) in [5, 5.41) is 3.42. The normalized spacial score (nSPS) is 28.0. The Balaban J connectivity index is 0.000000561. The van der Waals surface area contributed by atoms with Crippen molar-refractivity contribution in [2.45, 2.75) is 52.2 Å². The topological polar surface area (TPSA) is 21.3 Å². The predicted octanol–water partition coefficient (Wildman–Crippen LogP) is 2.19. The van der Waals surface area contributed by atoms with Crippen molar-refractivity contribution in [3.8, 4) is 0 Å². The Morgan fingerprint density at radius 1 is 1.33 bits per heavy atom. The summed E-state index contributed by atoms with van der Waals surface area (Å²) in [5.74, 6) is 0. The summed E-state index contributed by atoms with van der Waals surface area (Å²) < 4.78 is 5.31. The van der Waals surface area contributed by atoms with Crippen LogP contribution in [-0.4, -0.2) is 25.8 Å². The summed E-state index contributed by atoms with van der Waals surface area (Å²) in [6.07, 6.45) is 4.30. The first-order valence-electron chi connectivity index (χ1n) is 5.14. The standard InChI is InChI=1S/C8H17NO.C2H6/c1-3-9-7-5-4-6-8(7)10-2;1-2/h7-9H,3-6H2,1-2H3;1-2H3. The molecule has 1 rings (SSSR count). The van der Waals surface area contributed by atoms with Crippen molar-refractivity contribution in [3.05, 3.63) is 0 Å². The van der Waals surface area contributed by atoms with E-state index in [-0.39, 0.29) is 0 Å². The van der Waals surface area contributed by atoms with Crippen molar-refractivity contribution in [2.75, 3.05) is 13.7 Å². The summed E-state index contributed by atoms with van der Waals surface area (Å²) in [7, 11) is 1.81. The molecule has 0 aromatic heterocycles. The molecule has 2 unspecified atom stereocenters. The van der Waals surface area contributed by atoms with Crippen LogP contribution in [0.2, 0.25) is 0 Å². The molecule has 1 aliphatic rings. The van der Waals surface area contributed by atoms with Crippen LogP contribution < -0.4 is 5.32 Å². The number of hydrogen-bond acceptors (Lipinski definition) is 2. The Bertz CT molecular complexity index is 95.8. The van der Waals surface area contributed by atoms with E-state index in [1.54, 1.807) is 7.11 Å². The van der Waals surface area contributed by atoms with Crippen molar-refractivity contribution in [1.29, 1.82) is 0 Å². The summed E-state index contributed by atoms with van der Waals surface area (Å²) in [6.45, 7) is 7.20. The molecule has 1 aliphatic carbocycles. The van der Waals surface area contributed by atoms with Gasteiger partial charge in [-0.3, -0.25) is 0 Å². The molecular weight excluding hydrogens is 150 g/mol. The van der Waals surface area contributed by atoms with Crippen molar-refractivity contribution < 1.29 is 4.74 Å². The fraction of sp³-hybridized carbons (Fsp3) is 1.00. The molecule has 0 radical (unpaired) electrons. The molecule has 0 heterocycles. The molecule has 0 amide bonds. The lowest BCUT2D eigenvalue weighted by Gasteiger charge is -2.18. The van der Waals surface area contributed by atoms with Crippen LogP contribution in [0.3, 0.4) is 0 Å². The molecule has 2 nitrogen and oxygen atoms in total. The van der Waals surface area contributed by atoms with E-state index in [1.165, 1.54) is 19.3 Å². The lowest BCUT2D eigenvalue weighted by molar-refractivity contribution is 0.0858. The zero-order chi connectivity index (χ0) is 9.40. The van der Waals surface area contributed by atoms with Crippen LogP contribution in [0.5, 0.6) is 0 Å². The van der Waals surface area contributed by atoms with E-state index in [4.69, 9.17) is 4.74 Å². The molecule has 0 spiro atoms. The van der Waals surface area contributed by atoms with Gasteiger partial charge in [-0.15, -0.1) is 0 Å². The third kappa shape index (κ3) is 3.55. The number of likely N-dealkylation sites (N-methyl/N-ethyl adjacent to an activating group) is 1. The molecule has 2 heteroatoms. The molecule has 2 atom stereocenters. The highest BCUT2D eigenvalue weighted by atomic mass is 16.5. The number of nitrogens with one attached hydrogen (secondary N) is 1. The van der Waals surface area contributed by atoms with Gasteiger partial charge < -0.3 is 10.1 Å². The van der Waals surface area contributed by atoms with Crippen LogP contribution in [0, 0.1) is 0 Å². The number of hydrogen-bond donors (Lipinski definition) is 1. The Morgan fingerprint density at radius 3 is 2.50 bits per heavy atom. The first kappa shape index (κ1) is 11.9. The summed E-state index contributed by atoms with van der Waals surface area (Å²) in [5.41, 5.74) is 0. The number of rotatable bonds is 3. The second kappa shape index (κ2) is 7.56. The first-order chi connectivity index (χ1) is 5.88. The molecule has 0 bridgehead atoms. The van der Waals surface area contributed by atoms with Crippen molar-refractivity contribution in [1.82, 2.24) is 5.32 Å². The SMILES string of the molecule is CC.CCNC1CCCC1OC. The van der Waals surface area contributed by atoms with Gasteiger partial charge in [-0.05, 0) is 25.8 Å². The fourth-order valence-electron chi connectivity index (χ4n) is 1.70. The molecule has 0 aliphatic heterocycles. The minimum absolute atomic E-state index is 0.472. The van der Waals surface area contributed by atoms with E-state index in [1.807, 2.05) is 13.8 Å². The minimum atomic E-state index is 0.472. The van der Waals surface area contributed by atoms with Gasteiger partial charge in [0.05, 0.1) is 6.10 Å². The Morgan fingerprint density at radius 2 is 2.00 bits per heavy atom. The summed E-state index contributed by atoms with van der Waals surface area (Å²) in [4.78, 5) is 0. The quantitative estimate of drug-likeness (QED) is 0.706. The molecule has 0 aromatic rings. The predicted molar refractivity (Wildman–Crippen MR) is 53.5 cm³/mol. The zero-order valence-electron chi connectivity index (χ0n) is 8.89. The number of methoxy groups -OCH3 is 1. The Kier molecular flexibility index (Phi) is 7.51. The van der Waals surface area contributed by atoms with Gasteiger partial charge in [0.15, 0.2) is 0 Å². The maximum Gasteiger partial charge on any atom is 0.0724 e. The van der Waals surface area contributed by atoms with E-state index in [0.29, 0.717) is 12.1 Å². The molecule has 0 saturated heterocycles. The molecule has 1 N–H and O–H groups in total. The monoisotopic (exact) mass is 173 g/mol. The Hall–Kier alpha value is -0.0800. The fourth-order valence-corrected chi connectivity index (χ4v) is 1.70. The molecular formula is C10H23NO. The average molecular weight is 173 g/mol. The molecule has 1 fully saturated rings. The lowest BCUT2D eigenvalue weighted by Crippen LogP contribution is -2.36. The highest BCUT2D eigenvalue weighted by molar-refractivity contribution is 4.83. The van der Waals surface area contributed by atoms with E-state index < -0.39 is 0 Å². The van der Waals surface area contributed by atoms with E-state index in [0.717, 1.165) is 6.54 Å². The van der Waals surface area contributed by atoms with Crippen molar-refractivity contribution in [3.63, 3.8) is 0 Å². The second-order valence-corrected chi connectivity index (χ2v) is 2.87. The van der Waals surface area contributed by atoms with Crippen molar-refractivity contribution >= 4 is 0 Å². The summed E-state index contributed by atoms with van der Waals surface area (Å²) in [6, 6.07) is 0.620. The van der Waals surface area contributed by atoms with Crippen LogP contribution in [-0.2, 0) is 4.74 Å². The highest BCUT2D eigenvalue weighted by Crippen LogP contribution is 2.20. The van der Waals surface area contributed by atoms with Gasteiger partial charge in [-0.1, -0.05) is 20.8 Å². The van der Waals surface area contributed by atoms with Gasteiger partial charge in [-0.25, -0.2) is 0 Å². The molecule has 12 heavy (non-hydrogen) atoms. The third-order valence-electron chi connectivity index (χ3n) is 2.22. The third-order valence-corrected chi connectivity index (χ3v) is 2.22. The van der Waals surface area contributed by atoms with Gasteiger partial charge in [0.1, 0.15) is 0 Å². The number of ether oxygens (including phenoxy) is 1. The van der Waals surface area contributed by atoms with E-state index in [2.05, 4.69) is 12.2 Å². The largest absolute Gasteiger partial charge is 0.380 e.